The molecule has 1 atom stereocenters. The zero-order valence-electron chi connectivity index (χ0n) is 18.6. The molecule has 4 aromatic carbocycles. The predicted octanol–water partition coefficient (Wildman–Crippen LogP) is 4.42. The van der Waals surface area contributed by atoms with Crippen molar-refractivity contribution in [1.82, 2.24) is 5.32 Å². The van der Waals surface area contributed by atoms with Gasteiger partial charge in [0.2, 0.25) is 0 Å². The fourth-order valence-corrected chi connectivity index (χ4v) is 5.53. The van der Waals surface area contributed by atoms with Crippen molar-refractivity contribution in [1.29, 1.82) is 0 Å². The molecule has 0 fully saturated rings. The summed E-state index contributed by atoms with van der Waals surface area (Å²) in [7, 11) is -3.88. The third-order valence-electron chi connectivity index (χ3n) is 5.92. The Hall–Kier alpha value is -3.84. The van der Waals surface area contributed by atoms with Crippen LogP contribution < -0.4 is 14.4 Å². The number of para-hydroxylation sites is 2. The van der Waals surface area contributed by atoms with Gasteiger partial charge in [-0.2, -0.15) is 0 Å². The first kappa shape index (κ1) is 22.0. The highest BCUT2D eigenvalue weighted by Gasteiger charge is 2.37. The molecule has 5 rings (SSSR count). The Morgan fingerprint density at radius 3 is 2.44 bits per heavy atom. The van der Waals surface area contributed by atoms with Crippen LogP contribution in [0.2, 0.25) is 0 Å². The molecule has 6 nitrogen and oxygen atoms in total. The number of sulfonamides is 1. The van der Waals surface area contributed by atoms with Crippen LogP contribution >= 0.6 is 0 Å². The minimum Gasteiger partial charge on any atom is -0.476 e. The van der Waals surface area contributed by atoms with Crippen LogP contribution in [0.25, 0.3) is 10.8 Å². The number of fused-ring (bicyclic) bond motifs is 2. The number of hydrogen-bond donors (Lipinski definition) is 1. The number of carbonyl (C=O) groups is 1. The minimum atomic E-state index is -3.88. The summed E-state index contributed by atoms with van der Waals surface area (Å²) >= 11 is 0. The zero-order valence-corrected chi connectivity index (χ0v) is 19.5. The zero-order chi connectivity index (χ0) is 23.7. The Balaban J connectivity index is 1.38. The molecule has 0 unspecified atom stereocenters. The molecule has 0 aromatic heterocycles. The van der Waals surface area contributed by atoms with Crippen LogP contribution in [-0.2, 0) is 21.4 Å². The standard InChI is InChI=1S/C27H24N2O4S/c1-19-10-14-23(15-11-19)34(31,32)29-18-26(33-25-9-5-4-8-24(25)29)27(30)28-17-20-12-13-21-6-2-3-7-22(21)16-20/h2-16,26H,17-18H2,1H3,(H,28,30)/t26-/m0/s1. The van der Waals surface area contributed by atoms with Crippen molar-refractivity contribution in [2.75, 3.05) is 10.8 Å². The van der Waals surface area contributed by atoms with E-state index in [4.69, 9.17) is 4.74 Å². The highest BCUT2D eigenvalue weighted by molar-refractivity contribution is 7.92. The van der Waals surface area contributed by atoms with Gasteiger partial charge in [-0.3, -0.25) is 9.10 Å². The summed E-state index contributed by atoms with van der Waals surface area (Å²) in [6, 6.07) is 27.6. The maximum Gasteiger partial charge on any atom is 0.264 e. The number of carbonyl (C=O) groups excluding carboxylic acids is 1. The fraction of sp³-hybridized carbons (Fsp3) is 0.148. The molecule has 1 aliphatic heterocycles. The SMILES string of the molecule is Cc1ccc(S(=O)(=O)N2C[C@@H](C(=O)NCc3ccc4ccccc4c3)Oc3ccccc32)cc1. The Morgan fingerprint density at radius 2 is 1.65 bits per heavy atom. The van der Waals surface area contributed by atoms with Crippen LogP contribution in [-0.4, -0.2) is 27.0 Å². The second kappa shape index (κ2) is 8.83. The van der Waals surface area contributed by atoms with Gasteiger partial charge in [0.05, 0.1) is 17.1 Å². The van der Waals surface area contributed by atoms with Crippen LogP contribution in [0.1, 0.15) is 11.1 Å². The van der Waals surface area contributed by atoms with Crippen molar-refractivity contribution in [3.63, 3.8) is 0 Å². The average Bonchev–Trinajstić information content (AvgIpc) is 2.86. The van der Waals surface area contributed by atoms with Crippen LogP contribution in [0, 0.1) is 6.92 Å². The number of rotatable bonds is 5. The van der Waals surface area contributed by atoms with Gasteiger partial charge in [-0.15, -0.1) is 0 Å². The van der Waals surface area contributed by atoms with Gasteiger partial charge in [0.25, 0.3) is 15.9 Å². The number of nitrogens with one attached hydrogen (secondary N) is 1. The first-order valence-corrected chi connectivity index (χ1v) is 12.5. The van der Waals surface area contributed by atoms with Crippen molar-refractivity contribution in [2.45, 2.75) is 24.5 Å². The fourth-order valence-electron chi connectivity index (χ4n) is 4.06. The molecule has 0 aliphatic carbocycles. The molecule has 1 N–H and O–H groups in total. The summed E-state index contributed by atoms with van der Waals surface area (Å²) in [4.78, 5) is 13.2. The van der Waals surface area contributed by atoms with Crippen molar-refractivity contribution in [3.05, 3.63) is 102 Å². The van der Waals surface area contributed by atoms with Crippen molar-refractivity contribution < 1.29 is 17.9 Å². The molecule has 172 valence electrons. The molecule has 1 heterocycles. The summed E-state index contributed by atoms with van der Waals surface area (Å²) in [5.41, 5.74) is 2.33. The van der Waals surface area contributed by atoms with Gasteiger partial charge in [-0.05, 0) is 53.6 Å². The van der Waals surface area contributed by atoms with E-state index in [1.165, 1.54) is 4.31 Å². The number of aryl methyl sites for hydroxylation is 1. The Bertz CT molecular complexity index is 1470. The van der Waals surface area contributed by atoms with E-state index in [1.807, 2.05) is 49.4 Å². The number of amides is 1. The molecular weight excluding hydrogens is 448 g/mol. The van der Waals surface area contributed by atoms with Gasteiger partial charge >= 0.3 is 0 Å². The molecular formula is C27H24N2O4S. The second-order valence-electron chi connectivity index (χ2n) is 8.32. The lowest BCUT2D eigenvalue weighted by atomic mass is 10.1. The average molecular weight is 473 g/mol. The maximum atomic E-state index is 13.5. The van der Waals surface area contributed by atoms with Gasteiger partial charge in [-0.25, -0.2) is 8.42 Å². The van der Waals surface area contributed by atoms with Crippen LogP contribution in [0.4, 0.5) is 5.69 Å². The lowest BCUT2D eigenvalue weighted by Crippen LogP contribution is -2.50. The number of nitrogens with zero attached hydrogens (tertiary/aromatic N) is 1. The van der Waals surface area contributed by atoms with Gasteiger partial charge in [0, 0.05) is 6.54 Å². The van der Waals surface area contributed by atoms with Gasteiger partial charge in [0.1, 0.15) is 5.75 Å². The monoisotopic (exact) mass is 472 g/mol. The molecule has 4 aromatic rings. The van der Waals surface area contributed by atoms with E-state index < -0.39 is 16.1 Å². The molecule has 0 spiro atoms. The summed E-state index contributed by atoms with van der Waals surface area (Å²) in [5.74, 6) is -0.0120. The lowest BCUT2D eigenvalue weighted by Gasteiger charge is -2.34. The van der Waals surface area contributed by atoms with E-state index >= 15 is 0 Å². The molecule has 0 radical (unpaired) electrons. The maximum absolute atomic E-state index is 13.5. The Morgan fingerprint density at radius 1 is 0.941 bits per heavy atom. The van der Waals surface area contributed by atoms with Crippen molar-refractivity contribution in [3.8, 4) is 5.75 Å². The third kappa shape index (κ3) is 4.22. The number of anilines is 1. The van der Waals surface area contributed by atoms with Crippen LogP contribution in [0.5, 0.6) is 5.75 Å². The highest BCUT2D eigenvalue weighted by Crippen LogP contribution is 2.36. The second-order valence-corrected chi connectivity index (χ2v) is 10.2. The lowest BCUT2D eigenvalue weighted by molar-refractivity contribution is -0.127. The number of hydrogen-bond acceptors (Lipinski definition) is 4. The summed E-state index contributed by atoms with van der Waals surface area (Å²) in [6.45, 7) is 2.10. The number of ether oxygens (including phenoxy) is 1. The van der Waals surface area contributed by atoms with Crippen LogP contribution in [0.3, 0.4) is 0 Å². The van der Waals surface area contributed by atoms with E-state index in [-0.39, 0.29) is 17.3 Å². The van der Waals surface area contributed by atoms with E-state index in [0.29, 0.717) is 18.0 Å². The third-order valence-corrected chi connectivity index (χ3v) is 7.71. The van der Waals surface area contributed by atoms with Gasteiger partial charge in [0.15, 0.2) is 6.10 Å². The molecule has 34 heavy (non-hydrogen) atoms. The Labute approximate surface area is 198 Å². The topological polar surface area (TPSA) is 75.7 Å². The molecule has 0 saturated heterocycles. The quantitative estimate of drug-likeness (QED) is 0.467. The predicted molar refractivity (Wildman–Crippen MR) is 132 cm³/mol. The van der Waals surface area contributed by atoms with Crippen molar-refractivity contribution >= 4 is 32.4 Å². The first-order chi connectivity index (χ1) is 16.4. The largest absolute Gasteiger partial charge is 0.476 e. The normalized spacial score (nSPS) is 15.4. The van der Waals surface area contributed by atoms with E-state index in [0.717, 1.165) is 21.9 Å². The number of benzene rings is 4. The van der Waals surface area contributed by atoms with E-state index in [2.05, 4.69) is 5.32 Å². The minimum absolute atomic E-state index is 0.114. The smallest absolute Gasteiger partial charge is 0.264 e. The molecule has 1 amide bonds. The first-order valence-electron chi connectivity index (χ1n) is 11.0. The summed E-state index contributed by atoms with van der Waals surface area (Å²) < 4.78 is 34.1. The van der Waals surface area contributed by atoms with E-state index in [9.17, 15) is 13.2 Å². The molecule has 0 saturated carbocycles. The molecule has 1 aliphatic rings. The van der Waals surface area contributed by atoms with E-state index in [1.54, 1.807) is 48.5 Å². The Kier molecular flexibility index (Phi) is 5.71. The highest BCUT2D eigenvalue weighted by atomic mass is 32.2. The van der Waals surface area contributed by atoms with Gasteiger partial charge in [-0.1, -0.05) is 66.2 Å². The van der Waals surface area contributed by atoms with Gasteiger partial charge < -0.3 is 10.1 Å². The van der Waals surface area contributed by atoms with Crippen LogP contribution in [0.15, 0.2) is 95.9 Å². The summed E-state index contributed by atoms with van der Waals surface area (Å²) in [5, 5.41) is 5.11. The van der Waals surface area contributed by atoms with Crippen molar-refractivity contribution in [2.24, 2.45) is 0 Å². The molecule has 7 heteroatoms. The summed E-state index contributed by atoms with van der Waals surface area (Å²) in [6.07, 6.45) is -0.976. The molecule has 0 bridgehead atoms.